The molecule has 146 valence electrons. The Balaban J connectivity index is 1.68. The molecule has 3 rings (SSSR count). The van der Waals surface area contributed by atoms with Gasteiger partial charge >= 0.3 is 0 Å². The summed E-state index contributed by atoms with van der Waals surface area (Å²) in [7, 11) is 0. The van der Waals surface area contributed by atoms with Gasteiger partial charge in [-0.05, 0) is 58.0 Å². The molecule has 28 heavy (non-hydrogen) atoms. The molecule has 2 atom stereocenters. The fourth-order valence-electron chi connectivity index (χ4n) is 3.16. The summed E-state index contributed by atoms with van der Waals surface area (Å²) in [5.74, 6) is -0.424. The van der Waals surface area contributed by atoms with E-state index in [0.29, 0.717) is 22.3 Å². The number of carbonyl (C=O) groups is 2. The van der Waals surface area contributed by atoms with E-state index < -0.39 is 12.1 Å². The fourth-order valence-corrected chi connectivity index (χ4v) is 3.16. The zero-order chi connectivity index (χ0) is 20.4. The van der Waals surface area contributed by atoms with E-state index in [9.17, 15) is 14.0 Å². The molecule has 0 bridgehead atoms. The van der Waals surface area contributed by atoms with Crippen molar-refractivity contribution in [2.75, 3.05) is 0 Å². The maximum absolute atomic E-state index is 13.5. The minimum absolute atomic E-state index is 0.311. The number of furan rings is 1. The van der Waals surface area contributed by atoms with Gasteiger partial charge in [0.25, 0.3) is 5.91 Å². The Morgan fingerprint density at radius 1 is 1.04 bits per heavy atom. The Kier molecular flexibility index (Phi) is 5.49. The van der Waals surface area contributed by atoms with Gasteiger partial charge in [0.05, 0.1) is 6.04 Å². The lowest BCUT2D eigenvalue weighted by molar-refractivity contribution is -0.123. The predicted octanol–water partition coefficient (Wildman–Crippen LogP) is 4.18. The number of rotatable bonds is 5. The van der Waals surface area contributed by atoms with Crippen LogP contribution in [0.4, 0.5) is 4.39 Å². The molecule has 1 aromatic heterocycles. The molecule has 0 saturated heterocycles. The molecule has 2 unspecified atom stereocenters. The van der Waals surface area contributed by atoms with E-state index in [4.69, 9.17) is 4.42 Å². The van der Waals surface area contributed by atoms with Crippen molar-refractivity contribution in [2.24, 2.45) is 0 Å². The summed E-state index contributed by atoms with van der Waals surface area (Å²) in [6, 6.07) is 10.3. The van der Waals surface area contributed by atoms with E-state index in [2.05, 4.69) is 10.6 Å². The van der Waals surface area contributed by atoms with Crippen molar-refractivity contribution in [3.63, 3.8) is 0 Å². The highest BCUT2D eigenvalue weighted by atomic mass is 19.1. The van der Waals surface area contributed by atoms with E-state index in [0.717, 1.165) is 11.1 Å². The molecular weight excluding hydrogens is 359 g/mol. The number of benzene rings is 2. The molecule has 2 N–H and O–H groups in total. The third-order valence-corrected chi connectivity index (χ3v) is 4.71. The molecular formula is C22H23FN2O3. The normalized spacial score (nSPS) is 13.2. The second-order valence-corrected chi connectivity index (χ2v) is 7.03. The smallest absolute Gasteiger partial charge is 0.251 e. The molecule has 2 aromatic carbocycles. The first kappa shape index (κ1) is 19.6. The monoisotopic (exact) mass is 382 g/mol. The van der Waals surface area contributed by atoms with Crippen molar-refractivity contribution in [1.82, 2.24) is 10.6 Å². The van der Waals surface area contributed by atoms with Gasteiger partial charge in [-0.3, -0.25) is 9.59 Å². The summed E-state index contributed by atoms with van der Waals surface area (Å²) in [5, 5.41) is 6.21. The van der Waals surface area contributed by atoms with Gasteiger partial charge in [0.2, 0.25) is 5.91 Å². The Hall–Kier alpha value is -3.15. The van der Waals surface area contributed by atoms with Gasteiger partial charge in [-0.1, -0.05) is 17.7 Å². The van der Waals surface area contributed by atoms with Crippen molar-refractivity contribution < 1.29 is 18.4 Å². The average molecular weight is 382 g/mol. The quantitative estimate of drug-likeness (QED) is 0.695. The Bertz CT molecular complexity index is 1040. The Morgan fingerprint density at radius 3 is 2.50 bits per heavy atom. The maximum Gasteiger partial charge on any atom is 0.251 e. The highest BCUT2D eigenvalue weighted by Crippen LogP contribution is 2.29. The molecule has 2 amide bonds. The topological polar surface area (TPSA) is 71.3 Å². The van der Waals surface area contributed by atoms with E-state index >= 15 is 0 Å². The number of amides is 2. The summed E-state index contributed by atoms with van der Waals surface area (Å²) in [4.78, 5) is 24.8. The van der Waals surface area contributed by atoms with Crippen LogP contribution in [0.3, 0.4) is 0 Å². The SMILES string of the molecule is Cc1cccc(C(=O)NC(C)C(=O)NC(C)c2oc3ccc(F)cc3c2C)c1. The largest absolute Gasteiger partial charge is 0.459 e. The van der Waals surface area contributed by atoms with E-state index in [-0.39, 0.29) is 17.6 Å². The summed E-state index contributed by atoms with van der Waals surface area (Å²) in [5.41, 5.74) is 2.81. The lowest BCUT2D eigenvalue weighted by Gasteiger charge is -2.18. The second-order valence-electron chi connectivity index (χ2n) is 7.03. The van der Waals surface area contributed by atoms with Crippen LogP contribution >= 0.6 is 0 Å². The van der Waals surface area contributed by atoms with Gasteiger partial charge < -0.3 is 15.1 Å². The lowest BCUT2D eigenvalue weighted by Crippen LogP contribution is -2.45. The number of aryl methyl sites for hydroxylation is 2. The number of fused-ring (bicyclic) bond motifs is 1. The first-order chi connectivity index (χ1) is 13.3. The summed E-state index contributed by atoms with van der Waals surface area (Å²) >= 11 is 0. The number of halogens is 1. The number of hydrogen-bond donors (Lipinski definition) is 2. The number of hydrogen-bond acceptors (Lipinski definition) is 3. The molecule has 5 nitrogen and oxygen atoms in total. The van der Waals surface area contributed by atoms with Crippen molar-refractivity contribution in [3.8, 4) is 0 Å². The van der Waals surface area contributed by atoms with Crippen molar-refractivity contribution in [1.29, 1.82) is 0 Å². The first-order valence-corrected chi connectivity index (χ1v) is 9.12. The summed E-state index contributed by atoms with van der Waals surface area (Å²) in [6.45, 7) is 7.13. The van der Waals surface area contributed by atoms with E-state index in [1.54, 1.807) is 38.1 Å². The van der Waals surface area contributed by atoms with Gasteiger partial charge in [-0.2, -0.15) is 0 Å². The molecule has 0 radical (unpaired) electrons. The Morgan fingerprint density at radius 2 is 1.79 bits per heavy atom. The highest BCUT2D eigenvalue weighted by molar-refractivity contribution is 5.97. The molecule has 0 fully saturated rings. The molecule has 0 spiro atoms. The average Bonchev–Trinajstić information content (AvgIpc) is 2.98. The molecule has 0 aliphatic carbocycles. The minimum Gasteiger partial charge on any atom is -0.459 e. The first-order valence-electron chi connectivity index (χ1n) is 9.12. The van der Waals surface area contributed by atoms with Gasteiger partial charge in [0.1, 0.15) is 23.2 Å². The molecule has 3 aromatic rings. The van der Waals surface area contributed by atoms with E-state index in [1.807, 2.05) is 19.9 Å². The van der Waals surface area contributed by atoms with Gasteiger partial charge in [-0.25, -0.2) is 4.39 Å². The van der Waals surface area contributed by atoms with Crippen molar-refractivity contribution >= 4 is 22.8 Å². The van der Waals surface area contributed by atoms with Crippen LogP contribution in [0.1, 0.15) is 47.1 Å². The lowest BCUT2D eigenvalue weighted by atomic mass is 10.1. The maximum atomic E-state index is 13.5. The minimum atomic E-state index is -0.724. The fraction of sp³-hybridized carbons (Fsp3) is 0.273. The summed E-state index contributed by atoms with van der Waals surface area (Å²) < 4.78 is 19.3. The molecule has 0 aliphatic heterocycles. The highest BCUT2D eigenvalue weighted by Gasteiger charge is 2.22. The van der Waals surface area contributed by atoms with Crippen LogP contribution in [0, 0.1) is 19.7 Å². The van der Waals surface area contributed by atoms with E-state index in [1.165, 1.54) is 12.1 Å². The molecule has 0 saturated carbocycles. The van der Waals surface area contributed by atoms with Crippen LogP contribution in [0.25, 0.3) is 11.0 Å². The number of carbonyl (C=O) groups excluding carboxylic acids is 2. The van der Waals surface area contributed by atoms with Crippen LogP contribution in [0.2, 0.25) is 0 Å². The summed E-state index contributed by atoms with van der Waals surface area (Å²) in [6.07, 6.45) is 0. The Labute approximate surface area is 162 Å². The van der Waals surface area contributed by atoms with Crippen LogP contribution < -0.4 is 10.6 Å². The zero-order valence-corrected chi connectivity index (χ0v) is 16.3. The predicted molar refractivity (Wildman–Crippen MR) is 106 cm³/mol. The van der Waals surface area contributed by atoms with Crippen LogP contribution in [-0.4, -0.2) is 17.9 Å². The molecule has 0 aliphatic rings. The van der Waals surface area contributed by atoms with Gasteiger partial charge in [0, 0.05) is 16.5 Å². The van der Waals surface area contributed by atoms with Crippen LogP contribution in [0.5, 0.6) is 0 Å². The van der Waals surface area contributed by atoms with Crippen LogP contribution in [-0.2, 0) is 4.79 Å². The third kappa shape index (κ3) is 4.06. The molecule has 6 heteroatoms. The van der Waals surface area contributed by atoms with Gasteiger partial charge in [-0.15, -0.1) is 0 Å². The second kappa shape index (κ2) is 7.84. The van der Waals surface area contributed by atoms with Crippen molar-refractivity contribution in [2.45, 2.75) is 39.8 Å². The molecule has 1 heterocycles. The van der Waals surface area contributed by atoms with Gasteiger partial charge in [0.15, 0.2) is 0 Å². The zero-order valence-electron chi connectivity index (χ0n) is 16.3. The van der Waals surface area contributed by atoms with Crippen LogP contribution in [0.15, 0.2) is 46.9 Å². The van der Waals surface area contributed by atoms with Crippen molar-refractivity contribution in [3.05, 3.63) is 70.7 Å². The third-order valence-electron chi connectivity index (χ3n) is 4.71. The number of nitrogens with one attached hydrogen (secondary N) is 2. The standard InChI is InChI=1S/C22H23FN2O3/c1-12-6-5-7-16(10-12)22(27)25-15(4)21(26)24-14(3)20-13(2)18-11-17(23)8-9-19(18)28-20/h5-11,14-15H,1-4H3,(H,24,26)(H,25,27).